The fourth-order valence-electron chi connectivity index (χ4n) is 4.65. The van der Waals surface area contributed by atoms with Gasteiger partial charge in [-0.15, -0.1) is 0 Å². The van der Waals surface area contributed by atoms with Gasteiger partial charge in [-0.3, -0.25) is 4.90 Å². The molecule has 4 nitrogen and oxygen atoms in total. The van der Waals surface area contributed by atoms with Gasteiger partial charge in [0.1, 0.15) is 0 Å². The lowest BCUT2D eigenvalue weighted by atomic mass is 9.82. The van der Waals surface area contributed by atoms with Crippen molar-refractivity contribution in [2.75, 3.05) is 19.7 Å². The second kappa shape index (κ2) is 5.48. The van der Waals surface area contributed by atoms with E-state index in [9.17, 15) is 5.11 Å². The van der Waals surface area contributed by atoms with Gasteiger partial charge >= 0.3 is 0 Å². The Morgan fingerprint density at radius 1 is 1.10 bits per heavy atom. The van der Waals surface area contributed by atoms with Gasteiger partial charge in [0.25, 0.3) is 0 Å². The van der Waals surface area contributed by atoms with Gasteiger partial charge in [-0.2, -0.15) is 0 Å². The molecule has 0 amide bonds. The third-order valence-corrected chi connectivity index (χ3v) is 5.79. The van der Waals surface area contributed by atoms with E-state index < -0.39 is 11.7 Å². The fraction of sp³-hybridized carbons (Fsp3) is 1.00. The lowest BCUT2D eigenvalue weighted by Gasteiger charge is -2.46. The molecule has 21 heavy (non-hydrogen) atoms. The zero-order valence-corrected chi connectivity index (χ0v) is 14.0. The van der Waals surface area contributed by atoms with Crippen LogP contribution < -0.4 is 0 Å². The Labute approximate surface area is 128 Å². The maximum absolute atomic E-state index is 10.7. The molecular formula is C17H31NO3. The van der Waals surface area contributed by atoms with E-state index in [4.69, 9.17) is 9.47 Å². The summed E-state index contributed by atoms with van der Waals surface area (Å²) >= 11 is 0. The summed E-state index contributed by atoms with van der Waals surface area (Å²) in [5.41, 5.74) is -0.724. The Balaban J connectivity index is 1.73. The van der Waals surface area contributed by atoms with Crippen LogP contribution in [-0.4, -0.2) is 59.2 Å². The summed E-state index contributed by atoms with van der Waals surface area (Å²) in [5.74, 6) is 0.160. The van der Waals surface area contributed by atoms with Crippen molar-refractivity contribution in [3.05, 3.63) is 0 Å². The summed E-state index contributed by atoms with van der Waals surface area (Å²) in [6.07, 6.45) is 5.03. The molecule has 0 aromatic heterocycles. The number of aliphatic hydroxyl groups excluding tert-OH is 1. The van der Waals surface area contributed by atoms with E-state index in [1.54, 1.807) is 0 Å². The van der Waals surface area contributed by atoms with E-state index in [1.165, 1.54) is 25.7 Å². The number of hydrogen-bond donors (Lipinski definition) is 1. The van der Waals surface area contributed by atoms with Crippen LogP contribution in [0, 0.1) is 5.92 Å². The summed E-state index contributed by atoms with van der Waals surface area (Å²) in [7, 11) is 0. The van der Waals surface area contributed by atoms with Crippen molar-refractivity contribution in [2.45, 2.75) is 82.8 Å². The number of morpholine rings is 1. The van der Waals surface area contributed by atoms with Gasteiger partial charge in [0, 0.05) is 25.0 Å². The first-order valence-electron chi connectivity index (χ1n) is 8.55. The average Bonchev–Trinajstić information content (AvgIpc) is 2.57. The Bertz CT molecular complexity index is 380. The molecule has 3 rings (SSSR count). The van der Waals surface area contributed by atoms with Crippen LogP contribution >= 0.6 is 0 Å². The van der Waals surface area contributed by atoms with Gasteiger partial charge in [0.05, 0.1) is 30.0 Å². The fourth-order valence-corrected chi connectivity index (χ4v) is 4.65. The first-order valence-corrected chi connectivity index (χ1v) is 8.55. The lowest BCUT2D eigenvalue weighted by molar-refractivity contribution is -0.106. The highest BCUT2D eigenvalue weighted by Crippen LogP contribution is 2.43. The molecule has 0 radical (unpaired) electrons. The molecule has 0 aromatic carbocycles. The number of hydrogen-bond acceptors (Lipinski definition) is 4. The first kappa shape index (κ1) is 15.7. The van der Waals surface area contributed by atoms with Crippen LogP contribution in [0.3, 0.4) is 0 Å². The number of aliphatic hydroxyl groups is 1. The number of ether oxygens (including phenoxy) is 2. The highest BCUT2D eigenvalue weighted by atomic mass is 16.5. The van der Waals surface area contributed by atoms with Crippen LogP contribution in [0.2, 0.25) is 0 Å². The van der Waals surface area contributed by atoms with Gasteiger partial charge in [-0.1, -0.05) is 12.8 Å². The molecule has 2 aliphatic heterocycles. The molecule has 0 spiro atoms. The summed E-state index contributed by atoms with van der Waals surface area (Å²) in [5, 5.41) is 10.7. The minimum atomic E-state index is -0.452. The van der Waals surface area contributed by atoms with Crippen LogP contribution in [0.4, 0.5) is 0 Å². The van der Waals surface area contributed by atoms with Crippen molar-refractivity contribution in [2.24, 2.45) is 5.92 Å². The quantitative estimate of drug-likeness (QED) is 0.848. The van der Waals surface area contributed by atoms with Gasteiger partial charge in [0.15, 0.2) is 0 Å². The second-order valence-corrected chi connectivity index (χ2v) is 8.12. The van der Waals surface area contributed by atoms with Crippen LogP contribution in [0.1, 0.15) is 53.4 Å². The molecule has 3 fully saturated rings. The van der Waals surface area contributed by atoms with E-state index in [0.29, 0.717) is 12.1 Å². The Hall–Kier alpha value is -0.160. The largest absolute Gasteiger partial charge is 0.390 e. The Morgan fingerprint density at radius 3 is 2.48 bits per heavy atom. The predicted octanol–water partition coefficient (Wildman–Crippen LogP) is 2.19. The normalized spacial score (nSPS) is 42.7. The molecule has 3 aliphatic rings. The molecular weight excluding hydrogens is 266 g/mol. The van der Waals surface area contributed by atoms with Gasteiger partial charge in [0.2, 0.25) is 0 Å². The highest BCUT2D eigenvalue weighted by molar-refractivity contribution is 5.03. The second-order valence-electron chi connectivity index (χ2n) is 8.12. The monoisotopic (exact) mass is 297 g/mol. The van der Waals surface area contributed by atoms with E-state index in [0.717, 1.165) is 19.7 Å². The Kier molecular flexibility index (Phi) is 4.11. The zero-order chi connectivity index (χ0) is 15.3. The first-order chi connectivity index (χ1) is 9.81. The molecule has 1 N–H and O–H groups in total. The van der Waals surface area contributed by atoms with Crippen molar-refractivity contribution in [3.8, 4) is 0 Å². The summed E-state index contributed by atoms with van der Waals surface area (Å²) < 4.78 is 12.1. The van der Waals surface area contributed by atoms with E-state index in [-0.39, 0.29) is 11.5 Å². The minimum Gasteiger partial charge on any atom is -0.390 e. The predicted molar refractivity (Wildman–Crippen MR) is 82.3 cm³/mol. The lowest BCUT2D eigenvalue weighted by Crippen LogP contribution is -2.56. The van der Waals surface area contributed by atoms with E-state index in [2.05, 4.69) is 18.7 Å². The Morgan fingerprint density at radius 2 is 1.81 bits per heavy atom. The van der Waals surface area contributed by atoms with Crippen molar-refractivity contribution >= 4 is 0 Å². The molecule has 0 aromatic rings. The van der Waals surface area contributed by atoms with Crippen LogP contribution in [0.15, 0.2) is 0 Å². The topological polar surface area (TPSA) is 41.9 Å². The van der Waals surface area contributed by atoms with Crippen molar-refractivity contribution in [3.63, 3.8) is 0 Å². The molecule has 4 atom stereocenters. The summed E-state index contributed by atoms with van der Waals surface area (Å²) in [6, 6.07) is 0.541. The third kappa shape index (κ3) is 2.88. The third-order valence-electron chi connectivity index (χ3n) is 5.79. The number of rotatable bonds is 2. The molecule has 4 heteroatoms. The highest BCUT2D eigenvalue weighted by Gasteiger charge is 2.54. The average molecular weight is 297 g/mol. The number of fused-ring (bicyclic) bond motifs is 1. The van der Waals surface area contributed by atoms with E-state index in [1.807, 2.05) is 13.8 Å². The SMILES string of the molecule is CC1(C)OC(C)(C)C(CN2CCOC3CCCCC32)C1O. The number of nitrogens with zero attached hydrogens (tertiary/aromatic N) is 1. The standard InChI is InChI=1S/C17H31NO3/c1-16(2)12(15(19)17(3,4)21-16)11-18-9-10-20-14-8-6-5-7-13(14)18/h12-15,19H,5-11H2,1-4H3. The minimum absolute atomic E-state index is 0.160. The molecule has 0 bridgehead atoms. The molecule has 1 aliphatic carbocycles. The molecule has 2 heterocycles. The molecule has 1 saturated carbocycles. The maximum Gasteiger partial charge on any atom is 0.0896 e. The molecule has 122 valence electrons. The van der Waals surface area contributed by atoms with Gasteiger partial charge < -0.3 is 14.6 Å². The summed E-state index contributed by atoms with van der Waals surface area (Å²) in [4.78, 5) is 2.56. The van der Waals surface area contributed by atoms with Gasteiger partial charge in [-0.25, -0.2) is 0 Å². The van der Waals surface area contributed by atoms with Crippen molar-refractivity contribution in [1.82, 2.24) is 4.90 Å². The van der Waals surface area contributed by atoms with Crippen molar-refractivity contribution < 1.29 is 14.6 Å². The van der Waals surface area contributed by atoms with Gasteiger partial charge in [-0.05, 0) is 40.5 Å². The van der Waals surface area contributed by atoms with E-state index >= 15 is 0 Å². The smallest absolute Gasteiger partial charge is 0.0896 e. The van der Waals surface area contributed by atoms with Crippen molar-refractivity contribution in [1.29, 1.82) is 0 Å². The molecule has 4 unspecified atom stereocenters. The maximum atomic E-state index is 10.7. The van der Waals surface area contributed by atoms with Crippen LogP contribution in [0.25, 0.3) is 0 Å². The molecule has 2 saturated heterocycles. The van der Waals surface area contributed by atoms with Crippen LogP contribution in [0.5, 0.6) is 0 Å². The zero-order valence-electron chi connectivity index (χ0n) is 14.0. The summed E-state index contributed by atoms with van der Waals surface area (Å²) in [6.45, 7) is 11.0. The van der Waals surface area contributed by atoms with Crippen LogP contribution in [-0.2, 0) is 9.47 Å².